The molecule has 18 heavy (non-hydrogen) atoms. The number of hydrogen-bond donors (Lipinski definition) is 0. The van der Waals surface area contributed by atoms with E-state index in [1.807, 2.05) is 6.20 Å². The minimum absolute atomic E-state index is 0.627. The number of piperazine rings is 1. The van der Waals surface area contributed by atoms with Crippen LogP contribution in [-0.4, -0.2) is 42.6 Å². The van der Waals surface area contributed by atoms with Gasteiger partial charge >= 0.3 is 0 Å². The van der Waals surface area contributed by atoms with Crippen LogP contribution in [0.2, 0.25) is 0 Å². The molecule has 0 N–H and O–H groups in total. The van der Waals surface area contributed by atoms with Crippen molar-refractivity contribution in [1.29, 1.82) is 0 Å². The maximum Gasteiger partial charge on any atom is 0.0433 e. The summed E-state index contributed by atoms with van der Waals surface area (Å²) in [4.78, 5) is 9.42. The molecule has 0 saturated carbocycles. The fourth-order valence-electron chi connectivity index (χ4n) is 2.71. The Morgan fingerprint density at radius 3 is 2.83 bits per heavy atom. The Morgan fingerprint density at radius 2 is 2.17 bits per heavy atom. The van der Waals surface area contributed by atoms with E-state index in [9.17, 15) is 0 Å². The number of anilines is 1. The number of aryl methyl sites for hydroxylation is 1. The van der Waals surface area contributed by atoms with Crippen molar-refractivity contribution >= 4 is 5.69 Å². The lowest BCUT2D eigenvalue weighted by Gasteiger charge is -2.40. The highest BCUT2D eigenvalue weighted by Crippen LogP contribution is 2.25. The largest absolute Gasteiger partial charge is 0.368 e. The molecule has 1 aliphatic heterocycles. The Bertz CT molecular complexity index is 403. The first-order valence-corrected chi connectivity index (χ1v) is 7.03. The Kier molecular flexibility index (Phi) is 4.23. The molecule has 0 aliphatic carbocycles. The summed E-state index contributed by atoms with van der Waals surface area (Å²) in [6.07, 6.45) is 4.27. The third kappa shape index (κ3) is 2.66. The van der Waals surface area contributed by atoms with Gasteiger partial charge in [-0.3, -0.25) is 4.98 Å². The summed E-state index contributed by atoms with van der Waals surface area (Å²) in [5, 5.41) is 0. The predicted octanol–water partition coefficient (Wildman–Crippen LogP) is 2.48. The zero-order valence-corrected chi connectivity index (χ0v) is 12.1. The van der Waals surface area contributed by atoms with Gasteiger partial charge in [-0.15, -0.1) is 0 Å². The lowest BCUT2D eigenvalue weighted by Crippen LogP contribution is -2.50. The lowest BCUT2D eigenvalue weighted by molar-refractivity contribution is 0.234. The van der Waals surface area contributed by atoms with Crippen molar-refractivity contribution < 1.29 is 0 Å². The summed E-state index contributed by atoms with van der Waals surface area (Å²) in [5.74, 6) is 0. The zero-order chi connectivity index (χ0) is 13.1. The summed E-state index contributed by atoms with van der Waals surface area (Å²) < 4.78 is 0. The molecule has 0 bridgehead atoms. The van der Waals surface area contributed by atoms with Crippen molar-refractivity contribution in [3.8, 4) is 0 Å². The van der Waals surface area contributed by atoms with E-state index in [2.05, 4.69) is 48.7 Å². The molecule has 2 rings (SSSR count). The lowest BCUT2D eigenvalue weighted by atomic mass is 10.0. The highest BCUT2D eigenvalue weighted by atomic mass is 15.3. The standard InChI is InChI=1S/C15H25N3/c1-5-6-14-13(3)16-8-7-15(14)18-10-9-17(4)12(2)11-18/h7-8,12H,5-6,9-11H2,1-4H3. The number of nitrogens with zero attached hydrogens (tertiary/aromatic N) is 3. The van der Waals surface area contributed by atoms with E-state index >= 15 is 0 Å². The van der Waals surface area contributed by atoms with Crippen LogP contribution in [0.25, 0.3) is 0 Å². The maximum absolute atomic E-state index is 4.45. The van der Waals surface area contributed by atoms with Gasteiger partial charge in [0.05, 0.1) is 0 Å². The molecule has 2 heterocycles. The molecule has 3 heteroatoms. The van der Waals surface area contributed by atoms with Gasteiger partial charge in [-0.05, 0) is 38.9 Å². The Balaban J connectivity index is 2.25. The highest BCUT2D eigenvalue weighted by Gasteiger charge is 2.22. The van der Waals surface area contributed by atoms with Gasteiger partial charge in [-0.25, -0.2) is 0 Å². The van der Waals surface area contributed by atoms with Crippen LogP contribution in [0.3, 0.4) is 0 Å². The normalized spacial score (nSPS) is 21.3. The first-order valence-electron chi connectivity index (χ1n) is 7.03. The quantitative estimate of drug-likeness (QED) is 0.818. The van der Waals surface area contributed by atoms with Crippen LogP contribution in [0, 0.1) is 6.92 Å². The number of likely N-dealkylation sites (N-methyl/N-ethyl adjacent to an activating group) is 1. The van der Waals surface area contributed by atoms with Gasteiger partial charge in [0.15, 0.2) is 0 Å². The van der Waals surface area contributed by atoms with Crippen molar-refractivity contribution in [2.45, 2.75) is 39.7 Å². The molecule has 1 unspecified atom stereocenters. The fourth-order valence-corrected chi connectivity index (χ4v) is 2.71. The monoisotopic (exact) mass is 247 g/mol. The third-order valence-corrected chi connectivity index (χ3v) is 4.05. The first kappa shape index (κ1) is 13.3. The van der Waals surface area contributed by atoms with E-state index in [0.717, 1.165) is 26.1 Å². The summed E-state index contributed by atoms with van der Waals surface area (Å²) in [5.41, 5.74) is 4.04. The minimum Gasteiger partial charge on any atom is -0.368 e. The van der Waals surface area contributed by atoms with Crippen molar-refractivity contribution in [2.24, 2.45) is 0 Å². The maximum atomic E-state index is 4.45. The molecule has 1 aromatic heterocycles. The fraction of sp³-hybridized carbons (Fsp3) is 0.667. The molecule has 1 atom stereocenters. The van der Waals surface area contributed by atoms with E-state index in [1.54, 1.807) is 0 Å². The van der Waals surface area contributed by atoms with E-state index in [-0.39, 0.29) is 0 Å². The molecule has 100 valence electrons. The van der Waals surface area contributed by atoms with Crippen LogP contribution >= 0.6 is 0 Å². The molecule has 0 amide bonds. The zero-order valence-electron chi connectivity index (χ0n) is 12.1. The summed E-state index contributed by atoms with van der Waals surface area (Å²) in [6, 6.07) is 2.82. The topological polar surface area (TPSA) is 19.4 Å². The van der Waals surface area contributed by atoms with Crippen LogP contribution in [0.4, 0.5) is 5.69 Å². The van der Waals surface area contributed by atoms with Gasteiger partial charge in [0.25, 0.3) is 0 Å². The van der Waals surface area contributed by atoms with Gasteiger partial charge in [0.1, 0.15) is 0 Å². The van der Waals surface area contributed by atoms with Gasteiger partial charge in [-0.2, -0.15) is 0 Å². The second-order valence-corrected chi connectivity index (χ2v) is 5.42. The Labute approximate surface area is 111 Å². The van der Waals surface area contributed by atoms with Gasteiger partial charge in [-0.1, -0.05) is 13.3 Å². The van der Waals surface area contributed by atoms with E-state index < -0.39 is 0 Å². The van der Waals surface area contributed by atoms with Crippen molar-refractivity contribution in [2.75, 3.05) is 31.6 Å². The molecule has 0 aromatic carbocycles. The van der Waals surface area contributed by atoms with E-state index in [4.69, 9.17) is 0 Å². The highest BCUT2D eigenvalue weighted by molar-refractivity contribution is 5.55. The average Bonchev–Trinajstić information content (AvgIpc) is 2.35. The van der Waals surface area contributed by atoms with Crippen molar-refractivity contribution in [3.05, 3.63) is 23.5 Å². The second kappa shape index (κ2) is 5.70. The van der Waals surface area contributed by atoms with Gasteiger partial charge in [0.2, 0.25) is 0 Å². The van der Waals surface area contributed by atoms with Gasteiger partial charge in [0, 0.05) is 43.3 Å². The molecular weight excluding hydrogens is 222 g/mol. The molecule has 1 saturated heterocycles. The first-order chi connectivity index (χ1) is 8.63. The molecule has 1 aliphatic rings. The third-order valence-electron chi connectivity index (χ3n) is 4.05. The van der Waals surface area contributed by atoms with E-state index in [0.29, 0.717) is 6.04 Å². The van der Waals surface area contributed by atoms with Gasteiger partial charge < -0.3 is 9.80 Å². The molecule has 0 spiro atoms. The predicted molar refractivity (Wildman–Crippen MR) is 77.3 cm³/mol. The molecule has 3 nitrogen and oxygen atoms in total. The number of rotatable bonds is 3. The number of aromatic nitrogens is 1. The number of hydrogen-bond acceptors (Lipinski definition) is 3. The SMILES string of the molecule is CCCc1c(N2CCN(C)C(C)C2)ccnc1C. The average molecular weight is 247 g/mol. The van der Waals surface area contributed by atoms with E-state index in [1.165, 1.54) is 23.4 Å². The van der Waals surface area contributed by atoms with Crippen LogP contribution < -0.4 is 4.90 Å². The molecule has 1 fully saturated rings. The second-order valence-electron chi connectivity index (χ2n) is 5.42. The van der Waals surface area contributed by atoms with Crippen LogP contribution in [0.5, 0.6) is 0 Å². The minimum atomic E-state index is 0.627. The Morgan fingerprint density at radius 1 is 1.39 bits per heavy atom. The summed E-state index contributed by atoms with van der Waals surface area (Å²) >= 11 is 0. The van der Waals surface area contributed by atoms with Crippen LogP contribution in [0.1, 0.15) is 31.5 Å². The summed E-state index contributed by atoms with van der Waals surface area (Å²) in [6.45, 7) is 10.1. The smallest absolute Gasteiger partial charge is 0.0433 e. The molecule has 0 radical (unpaired) electrons. The van der Waals surface area contributed by atoms with Crippen molar-refractivity contribution in [3.63, 3.8) is 0 Å². The molecular formula is C15H25N3. The Hall–Kier alpha value is -1.09. The number of pyridine rings is 1. The van der Waals surface area contributed by atoms with Crippen LogP contribution in [-0.2, 0) is 6.42 Å². The molecule has 1 aromatic rings. The van der Waals surface area contributed by atoms with Crippen molar-refractivity contribution in [1.82, 2.24) is 9.88 Å². The summed E-state index contributed by atoms with van der Waals surface area (Å²) in [7, 11) is 2.22. The van der Waals surface area contributed by atoms with Crippen LogP contribution in [0.15, 0.2) is 12.3 Å².